The summed E-state index contributed by atoms with van der Waals surface area (Å²) in [6, 6.07) is 10.1. The Morgan fingerprint density at radius 1 is 0.900 bits per heavy atom. The lowest BCUT2D eigenvalue weighted by Gasteiger charge is -2.49. The molecule has 60 heavy (non-hydrogen) atoms. The summed E-state index contributed by atoms with van der Waals surface area (Å²) < 4.78 is 45.4. The molecule has 1 aromatic carbocycles. The number of carbonyl (C=O) groups excluding carboxylic acids is 2. The third-order valence-electron chi connectivity index (χ3n) is 13.9. The van der Waals surface area contributed by atoms with Gasteiger partial charge in [0.2, 0.25) is 0 Å². The highest BCUT2D eigenvalue weighted by Gasteiger charge is 2.55. The number of aliphatic hydroxyl groups is 3. The van der Waals surface area contributed by atoms with E-state index in [1.165, 1.54) is 14.0 Å². The largest absolute Gasteiger partial charge is 0.459 e. The fraction of sp³-hybridized carbons (Fsp3) is 0.800. The number of hydrogen-bond donors (Lipinski definition) is 3. The minimum atomic E-state index is -1.96. The number of Topliss-reactive ketones (excluding diaryl/α,β-unsaturated/α-hetero) is 1. The maximum atomic E-state index is 14.4. The molecule has 0 radical (unpaired) electrons. The third kappa shape index (κ3) is 10.1. The highest BCUT2D eigenvalue weighted by Crippen LogP contribution is 2.45. The van der Waals surface area contributed by atoms with Gasteiger partial charge >= 0.3 is 5.97 Å². The molecule has 14 nitrogen and oxygen atoms in total. The molecule has 340 valence electrons. The van der Waals surface area contributed by atoms with E-state index in [-0.39, 0.29) is 42.4 Å². The molecule has 4 aliphatic heterocycles. The number of amidine groups is 1. The summed E-state index contributed by atoms with van der Waals surface area (Å²) in [5.74, 6) is -4.26. The molecule has 3 N–H and O–H groups in total. The number of cyclic esters (lactones) is 1. The number of ether oxygens (including phenoxy) is 7. The number of esters is 1. The number of aliphatic hydroxyl groups excluding tert-OH is 2. The maximum absolute atomic E-state index is 14.4. The normalized spacial score (nSPS) is 45.6. The van der Waals surface area contributed by atoms with E-state index < -0.39 is 95.6 Å². The molecule has 0 spiro atoms. The number of ketones is 1. The predicted octanol–water partition coefficient (Wildman–Crippen LogP) is 5.12. The van der Waals surface area contributed by atoms with E-state index in [1.807, 2.05) is 39.0 Å². The lowest BCUT2D eigenvalue weighted by atomic mass is 9.74. The van der Waals surface area contributed by atoms with E-state index in [1.54, 1.807) is 60.4 Å². The van der Waals surface area contributed by atoms with Crippen molar-refractivity contribution in [2.75, 3.05) is 21.3 Å². The van der Waals surface area contributed by atoms with Crippen LogP contribution in [0.15, 0.2) is 35.3 Å². The van der Waals surface area contributed by atoms with Crippen LogP contribution in [0.3, 0.4) is 0 Å². The Labute approximate surface area is 361 Å². The second-order valence-corrected chi connectivity index (χ2v) is 19.6. The number of aliphatic imine (C=N–C) groups is 1. The van der Waals surface area contributed by atoms with Crippen LogP contribution in [-0.4, -0.2) is 142 Å². The zero-order chi connectivity index (χ0) is 44.5. The summed E-state index contributed by atoms with van der Waals surface area (Å²) in [5, 5.41) is 35.1. The third-order valence-corrected chi connectivity index (χ3v) is 15.3. The molecule has 0 bridgehead atoms. The van der Waals surface area contributed by atoms with Crippen molar-refractivity contribution >= 4 is 28.7 Å². The van der Waals surface area contributed by atoms with Crippen LogP contribution in [0.25, 0.3) is 0 Å². The average molecular weight is 865 g/mol. The number of carbonyl (C=O) groups is 2. The first-order valence-electron chi connectivity index (χ1n) is 21.6. The molecule has 5 rings (SSSR count). The maximum Gasteiger partial charge on any atom is 0.311 e. The number of thioether (sulfide) groups is 1. The van der Waals surface area contributed by atoms with Crippen LogP contribution in [0.5, 0.6) is 0 Å². The van der Waals surface area contributed by atoms with E-state index in [9.17, 15) is 24.9 Å². The molecule has 0 unspecified atom stereocenters. The number of benzene rings is 1. The monoisotopic (exact) mass is 864 g/mol. The minimum Gasteiger partial charge on any atom is -0.459 e. The lowest BCUT2D eigenvalue weighted by Crippen LogP contribution is -2.60. The Bertz CT molecular complexity index is 1640. The van der Waals surface area contributed by atoms with Gasteiger partial charge in [0.1, 0.15) is 23.6 Å². The van der Waals surface area contributed by atoms with Crippen LogP contribution in [0.4, 0.5) is 0 Å². The summed E-state index contributed by atoms with van der Waals surface area (Å²) in [6.07, 6.45) is -6.75. The van der Waals surface area contributed by atoms with E-state index in [2.05, 4.69) is 24.1 Å². The van der Waals surface area contributed by atoms with Crippen LogP contribution in [-0.2, 0) is 49.3 Å². The van der Waals surface area contributed by atoms with E-state index in [4.69, 9.17) is 38.2 Å². The molecule has 15 heteroatoms. The molecular formula is C45H72N2O12S. The topological polar surface area (TPSA) is 175 Å². The Morgan fingerprint density at radius 2 is 1.55 bits per heavy atom. The van der Waals surface area contributed by atoms with E-state index >= 15 is 0 Å². The molecule has 0 amide bonds. The van der Waals surface area contributed by atoms with Gasteiger partial charge in [0.25, 0.3) is 0 Å². The molecule has 4 saturated heterocycles. The van der Waals surface area contributed by atoms with Gasteiger partial charge in [-0.25, -0.2) is 0 Å². The Kier molecular flexibility index (Phi) is 16.0. The van der Waals surface area contributed by atoms with Crippen LogP contribution in [0, 0.1) is 23.7 Å². The van der Waals surface area contributed by atoms with Gasteiger partial charge in [0.15, 0.2) is 17.7 Å². The van der Waals surface area contributed by atoms with Crippen molar-refractivity contribution in [3.63, 3.8) is 0 Å². The van der Waals surface area contributed by atoms with Crippen LogP contribution in [0.2, 0.25) is 0 Å². The minimum absolute atomic E-state index is 0.0405. The first-order valence-corrected chi connectivity index (χ1v) is 22.5. The number of fused-ring (bicyclic) bond motifs is 1. The van der Waals surface area contributed by atoms with Crippen LogP contribution >= 0.6 is 11.8 Å². The van der Waals surface area contributed by atoms with Gasteiger partial charge in [0, 0.05) is 45.4 Å². The highest BCUT2D eigenvalue weighted by molar-refractivity contribution is 8.14. The summed E-state index contributed by atoms with van der Waals surface area (Å²) in [4.78, 5) is 35.8. The summed E-state index contributed by atoms with van der Waals surface area (Å²) in [6.45, 7) is 18.1. The van der Waals surface area contributed by atoms with Gasteiger partial charge in [-0.15, -0.1) is 0 Å². The van der Waals surface area contributed by atoms with Crippen molar-refractivity contribution in [1.82, 2.24) is 4.90 Å². The number of nitrogens with zero attached hydrogens (tertiary/aromatic N) is 2. The van der Waals surface area contributed by atoms with Crippen molar-refractivity contribution in [1.29, 1.82) is 0 Å². The summed E-state index contributed by atoms with van der Waals surface area (Å²) in [7, 11) is 5.15. The predicted molar refractivity (Wildman–Crippen MR) is 228 cm³/mol. The van der Waals surface area contributed by atoms with Gasteiger partial charge < -0.3 is 53.4 Å². The molecule has 4 fully saturated rings. The SMILES string of the molecule is CC[C@H]1OC(=O)[C@H](C)[C@@H](O[C@H]2C[C@@](C)(OC)[C@@H](O)[C@H](C)O2)[C@H](C)[C@@H](O[C@@H]2O[C@H](C)C[C@H]3[C@@H]2SC(=NCc2ccccc2)N3C)[C@](C)(OC)C[C@@H](C)C(=O)[C@H](C)[C@@H](O)[C@]1(C)O. The average Bonchev–Trinajstić information content (AvgIpc) is 3.54. The first kappa shape index (κ1) is 48.8. The number of rotatable bonds is 9. The van der Waals surface area contributed by atoms with Crippen molar-refractivity contribution in [2.45, 2.75) is 185 Å². The van der Waals surface area contributed by atoms with Gasteiger partial charge in [-0.2, -0.15) is 0 Å². The van der Waals surface area contributed by atoms with E-state index in [0.29, 0.717) is 6.54 Å². The second-order valence-electron chi connectivity index (χ2n) is 18.5. The Balaban J connectivity index is 1.59. The van der Waals surface area contributed by atoms with E-state index in [0.717, 1.165) is 17.2 Å². The number of hydrogen-bond acceptors (Lipinski definition) is 14. The fourth-order valence-electron chi connectivity index (χ4n) is 9.81. The standard InChI is InChI=1S/C45H72N2O12S/c1-14-32-45(10,52)37(49)26(4)34(48)24(2)21-44(9,54-13)39(27(5)35(28(6)40(51)57-32)58-33-22-43(8,53-12)38(50)29(7)56-33)59-41-36-31(20-25(3)55-41)47(11)42(60-36)46-23-30-18-16-15-17-19-30/h15-19,24-29,31-33,35-39,41,49-50,52H,14,20-23H2,1-13H3/t24-,25-,26+,27+,28-,29+,31+,32-,33+,35+,36+,37-,38+,39-,41+,43-,44-,45-/m1/s1. The smallest absolute Gasteiger partial charge is 0.311 e. The molecular weight excluding hydrogens is 793 g/mol. The number of methoxy groups -OCH3 is 2. The molecule has 1 aromatic rings. The molecule has 0 aromatic heterocycles. The van der Waals surface area contributed by atoms with Crippen molar-refractivity contribution in [3.8, 4) is 0 Å². The van der Waals surface area contributed by atoms with Gasteiger partial charge in [-0.05, 0) is 66.4 Å². The molecule has 0 saturated carbocycles. The van der Waals surface area contributed by atoms with Crippen LogP contribution in [0.1, 0.15) is 100 Å². The lowest BCUT2D eigenvalue weighted by molar-refractivity contribution is -0.308. The second kappa shape index (κ2) is 19.7. The highest BCUT2D eigenvalue weighted by atomic mass is 32.2. The van der Waals surface area contributed by atoms with Crippen molar-refractivity contribution < 1.29 is 58.1 Å². The Hall–Kier alpha value is -2.18. The zero-order valence-electron chi connectivity index (χ0n) is 37.9. The molecule has 0 aliphatic carbocycles. The quantitative estimate of drug-likeness (QED) is 0.279. The molecule has 18 atom stereocenters. The first-order chi connectivity index (χ1) is 28.1. The van der Waals surface area contributed by atoms with Gasteiger partial charge in [0.05, 0.1) is 65.5 Å². The summed E-state index contributed by atoms with van der Waals surface area (Å²) >= 11 is 1.61. The van der Waals surface area contributed by atoms with Gasteiger partial charge in [-0.3, -0.25) is 14.6 Å². The van der Waals surface area contributed by atoms with Crippen LogP contribution < -0.4 is 0 Å². The fourth-order valence-corrected chi connectivity index (χ4v) is 11.2. The zero-order valence-corrected chi connectivity index (χ0v) is 38.7. The molecule has 4 heterocycles. The Morgan fingerprint density at radius 3 is 2.17 bits per heavy atom. The van der Waals surface area contributed by atoms with Crippen molar-refractivity contribution in [2.24, 2.45) is 28.7 Å². The summed E-state index contributed by atoms with van der Waals surface area (Å²) in [5.41, 5.74) is -3.07. The van der Waals surface area contributed by atoms with Crippen molar-refractivity contribution in [3.05, 3.63) is 35.9 Å². The molecule has 4 aliphatic rings. The van der Waals surface area contributed by atoms with Gasteiger partial charge in [-0.1, -0.05) is 69.8 Å².